The van der Waals surface area contributed by atoms with Crippen molar-refractivity contribution in [2.45, 2.75) is 6.92 Å². The molecule has 0 spiro atoms. The first-order valence-corrected chi connectivity index (χ1v) is 8.50. The van der Waals surface area contributed by atoms with Crippen LogP contribution in [0.3, 0.4) is 0 Å². The second-order valence-corrected chi connectivity index (χ2v) is 6.30. The second kappa shape index (κ2) is 6.73. The molecular formula is C20H15FN4O3. The van der Waals surface area contributed by atoms with Crippen molar-refractivity contribution in [3.05, 3.63) is 77.6 Å². The van der Waals surface area contributed by atoms with Crippen molar-refractivity contribution in [1.82, 2.24) is 14.5 Å². The molecule has 1 aromatic heterocycles. The van der Waals surface area contributed by atoms with Crippen molar-refractivity contribution in [2.75, 3.05) is 11.9 Å². The molecule has 0 fully saturated rings. The molecule has 1 aliphatic rings. The van der Waals surface area contributed by atoms with Gasteiger partial charge in [0.2, 0.25) is 5.91 Å². The summed E-state index contributed by atoms with van der Waals surface area (Å²) in [6, 6.07) is 10.6. The number of carbonyl (C=O) groups is 3. The summed E-state index contributed by atoms with van der Waals surface area (Å²) in [6.45, 7) is 1.30. The number of halogens is 1. The summed E-state index contributed by atoms with van der Waals surface area (Å²) < 4.78 is 16.0. The van der Waals surface area contributed by atoms with Gasteiger partial charge in [0.25, 0.3) is 11.8 Å². The molecule has 2 heterocycles. The molecule has 8 heteroatoms. The molecule has 2 aromatic carbocycles. The Bertz CT molecular complexity index is 1090. The van der Waals surface area contributed by atoms with Crippen LogP contribution in [-0.4, -0.2) is 38.7 Å². The van der Waals surface area contributed by atoms with E-state index in [2.05, 4.69) is 10.3 Å². The molecule has 3 amide bonds. The Labute approximate surface area is 159 Å². The number of imidazole rings is 1. The van der Waals surface area contributed by atoms with E-state index in [0.717, 1.165) is 4.90 Å². The molecule has 0 saturated heterocycles. The molecule has 0 atom stereocenters. The largest absolute Gasteiger partial charge is 0.324 e. The van der Waals surface area contributed by atoms with Gasteiger partial charge < -0.3 is 9.88 Å². The minimum Gasteiger partial charge on any atom is -0.324 e. The van der Waals surface area contributed by atoms with E-state index in [1.807, 2.05) is 0 Å². The highest BCUT2D eigenvalue weighted by atomic mass is 19.1. The zero-order valence-corrected chi connectivity index (χ0v) is 14.8. The lowest BCUT2D eigenvalue weighted by Gasteiger charge is -2.14. The van der Waals surface area contributed by atoms with E-state index in [4.69, 9.17) is 0 Å². The lowest BCUT2D eigenvalue weighted by atomic mass is 10.1. The number of anilines is 1. The van der Waals surface area contributed by atoms with Crippen LogP contribution in [0.1, 0.15) is 26.5 Å². The summed E-state index contributed by atoms with van der Waals surface area (Å²) in [5.41, 5.74) is 1.06. The Balaban J connectivity index is 1.48. The summed E-state index contributed by atoms with van der Waals surface area (Å²) >= 11 is 0. The highest BCUT2D eigenvalue weighted by Gasteiger charge is 2.36. The Hall–Kier alpha value is -3.81. The fourth-order valence-electron chi connectivity index (χ4n) is 3.14. The van der Waals surface area contributed by atoms with Gasteiger partial charge in [-0.2, -0.15) is 0 Å². The quantitative estimate of drug-likeness (QED) is 0.707. The number of hydrogen-bond donors (Lipinski definition) is 1. The topological polar surface area (TPSA) is 84.3 Å². The third-order valence-electron chi connectivity index (χ3n) is 4.50. The molecule has 3 aromatic rings. The minimum absolute atomic E-state index is 0.223. The predicted octanol–water partition coefficient (Wildman–Crippen LogP) is 2.55. The van der Waals surface area contributed by atoms with Gasteiger partial charge in [0.05, 0.1) is 16.8 Å². The van der Waals surface area contributed by atoms with Crippen molar-refractivity contribution in [2.24, 2.45) is 0 Å². The number of hydrogen-bond acceptors (Lipinski definition) is 4. The molecule has 1 aliphatic heterocycles. The molecule has 140 valence electrons. The number of fused-ring (bicyclic) bond motifs is 1. The van der Waals surface area contributed by atoms with Crippen LogP contribution in [0.5, 0.6) is 0 Å². The fraction of sp³-hybridized carbons (Fsp3) is 0.100. The third-order valence-corrected chi connectivity index (χ3v) is 4.50. The van der Waals surface area contributed by atoms with E-state index in [1.54, 1.807) is 48.1 Å². The summed E-state index contributed by atoms with van der Waals surface area (Å²) in [4.78, 5) is 41.8. The maximum atomic E-state index is 14.4. The van der Waals surface area contributed by atoms with Gasteiger partial charge in [-0.3, -0.25) is 19.3 Å². The second-order valence-electron chi connectivity index (χ2n) is 6.30. The van der Waals surface area contributed by atoms with Gasteiger partial charge in [-0.05, 0) is 37.3 Å². The maximum absolute atomic E-state index is 14.4. The van der Waals surface area contributed by atoms with Crippen molar-refractivity contribution in [3.8, 4) is 5.69 Å². The SMILES string of the molecule is Cc1nccn1-c1ccc(NC(=O)CN2C(=O)c3ccccc3C2=O)cc1F. The van der Waals surface area contributed by atoms with Crippen LogP contribution >= 0.6 is 0 Å². The van der Waals surface area contributed by atoms with Gasteiger partial charge in [-0.1, -0.05) is 12.1 Å². The first-order valence-electron chi connectivity index (χ1n) is 8.50. The lowest BCUT2D eigenvalue weighted by Crippen LogP contribution is -2.37. The Morgan fingerprint density at radius 1 is 1.11 bits per heavy atom. The molecule has 1 N–H and O–H groups in total. The van der Waals surface area contributed by atoms with Gasteiger partial charge in [0.15, 0.2) is 0 Å². The van der Waals surface area contributed by atoms with E-state index in [1.165, 1.54) is 18.2 Å². The maximum Gasteiger partial charge on any atom is 0.262 e. The highest BCUT2D eigenvalue weighted by Crippen LogP contribution is 2.23. The zero-order valence-electron chi connectivity index (χ0n) is 14.8. The van der Waals surface area contributed by atoms with Crippen LogP contribution in [0, 0.1) is 12.7 Å². The molecule has 0 bridgehead atoms. The standard InChI is InChI=1S/C20H15FN4O3/c1-12-22-8-9-24(12)17-7-6-13(10-16(17)21)23-18(26)11-25-19(27)14-4-2-3-5-15(14)20(25)28/h2-10H,11H2,1H3,(H,23,26). The molecule has 0 radical (unpaired) electrons. The van der Waals surface area contributed by atoms with E-state index >= 15 is 0 Å². The Morgan fingerprint density at radius 2 is 1.79 bits per heavy atom. The predicted molar refractivity (Wildman–Crippen MR) is 98.7 cm³/mol. The van der Waals surface area contributed by atoms with Gasteiger partial charge in [0, 0.05) is 18.1 Å². The molecule has 7 nitrogen and oxygen atoms in total. The monoisotopic (exact) mass is 378 g/mol. The van der Waals surface area contributed by atoms with Gasteiger partial charge in [-0.25, -0.2) is 9.37 Å². The van der Waals surface area contributed by atoms with Crippen LogP contribution < -0.4 is 5.32 Å². The number of nitrogens with zero attached hydrogens (tertiary/aromatic N) is 3. The molecule has 0 aliphatic carbocycles. The van der Waals surface area contributed by atoms with Crippen LogP contribution in [0.15, 0.2) is 54.9 Å². The number of nitrogens with one attached hydrogen (secondary N) is 1. The van der Waals surface area contributed by atoms with E-state index in [-0.39, 0.29) is 16.8 Å². The molecule has 28 heavy (non-hydrogen) atoms. The summed E-state index contributed by atoms with van der Waals surface area (Å²) in [5, 5.41) is 2.51. The lowest BCUT2D eigenvalue weighted by molar-refractivity contribution is -0.116. The first kappa shape index (κ1) is 17.6. The molecule has 4 rings (SSSR count). The average Bonchev–Trinajstić information content (AvgIpc) is 3.19. The van der Waals surface area contributed by atoms with Crippen LogP contribution in [0.25, 0.3) is 5.69 Å². The first-order chi connectivity index (χ1) is 13.5. The number of rotatable bonds is 4. The van der Waals surface area contributed by atoms with Crippen molar-refractivity contribution >= 4 is 23.4 Å². The van der Waals surface area contributed by atoms with E-state index in [0.29, 0.717) is 11.5 Å². The van der Waals surface area contributed by atoms with Crippen LogP contribution in [0.4, 0.5) is 10.1 Å². The molecular weight excluding hydrogens is 363 g/mol. The van der Waals surface area contributed by atoms with E-state index in [9.17, 15) is 18.8 Å². The Kier molecular flexibility index (Phi) is 4.23. The number of aromatic nitrogens is 2. The summed E-state index contributed by atoms with van der Waals surface area (Å²) in [7, 11) is 0. The Morgan fingerprint density at radius 3 is 2.36 bits per heavy atom. The number of benzene rings is 2. The summed E-state index contributed by atoms with van der Waals surface area (Å²) in [5.74, 6) is -1.55. The summed E-state index contributed by atoms with van der Waals surface area (Å²) in [6.07, 6.45) is 3.20. The molecule has 0 unspecified atom stereocenters. The smallest absolute Gasteiger partial charge is 0.262 e. The fourth-order valence-corrected chi connectivity index (χ4v) is 3.14. The molecule has 0 saturated carbocycles. The highest BCUT2D eigenvalue weighted by molar-refractivity contribution is 6.22. The number of amides is 3. The van der Waals surface area contributed by atoms with Crippen molar-refractivity contribution in [1.29, 1.82) is 0 Å². The van der Waals surface area contributed by atoms with Crippen LogP contribution in [0.2, 0.25) is 0 Å². The number of aryl methyl sites for hydroxylation is 1. The normalized spacial score (nSPS) is 13.0. The van der Waals surface area contributed by atoms with Crippen molar-refractivity contribution in [3.63, 3.8) is 0 Å². The van der Waals surface area contributed by atoms with Gasteiger partial charge in [-0.15, -0.1) is 0 Å². The van der Waals surface area contributed by atoms with Gasteiger partial charge >= 0.3 is 0 Å². The van der Waals surface area contributed by atoms with E-state index < -0.39 is 30.1 Å². The van der Waals surface area contributed by atoms with Crippen molar-refractivity contribution < 1.29 is 18.8 Å². The number of carbonyl (C=O) groups excluding carboxylic acids is 3. The third kappa shape index (κ3) is 2.94. The zero-order chi connectivity index (χ0) is 19.8. The van der Waals surface area contributed by atoms with Crippen LogP contribution in [-0.2, 0) is 4.79 Å². The number of imide groups is 1. The minimum atomic E-state index is -0.597. The average molecular weight is 378 g/mol. The van der Waals surface area contributed by atoms with Gasteiger partial charge in [0.1, 0.15) is 18.2 Å².